The lowest BCUT2D eigenvalue weighted by atomic mass is 10.0. The first-order chi connectivity index (χ1) is 13.1. The molecule has 0 aliphatic rings. The second-order valence-electron chi connectivity index (χ2n) is 5.76. The van der Waals surface area contributed by atoms with Crippen molar-refractivity contribution in [3.05, 3.63) is 83.9 Å². The smallest absolute Gasteiger partial charge is 0.343 e. The van der Waals surface area contributed by atoms with Gasteiger partial charge in [-0.1, -0.05) is 24.3 Å². The van der Waals surface area contributed by atoms with Crippen LogP contribution in [0.5, 0.6) is 11.5 Å². The van der Waals surface area contributed by atoms with Crippen molar-refractivity contribution in [1.82, 2.24) is 0 Å². The van der Waals surface area contributed by atoms with E-state index >= 15 is 0 Å². The molecule has 0 spiro atoms. The lowest BCUT2D eigenvalue weighted by molar-refractivity contribution is 0.0526. The summed E-state index contributed by atoms with van der Waals surface area (Å²) < 4.78 is 10.2. The van der Waals surface area contributed by atoms with Crippen LogP contribution in [0, 0.1) is 0 Å². The number of carbonyl (C=O) groups is 2. The van der Waals surface area contributed by atoms with Crippen LogP contribution in [0.3, 0.4) is 0 Å². The first-order valence-electron chi connectivity index (χ1n) is 8.45. The minimum atomic E-state index is -0.490. The Morgan fingerprint density at radius 3 is 1.78 bits per heavy atom. The summed E-state index contributed by atoms with van der Waals surface area (Å²) in [5.41, 5.74) is 2.66. The highest BCUT2D eigenvalue weighted by atomic mass is 16.5. The molecule has 0 bridgehead atoms. The summed E-state index contributed by atoms with van der Waals surface area (Å²) in [6, 6.07) is 20.0. The van der Waals surface area contributed by atoms with Crippen LogP contribution in [0.15, 0.2) is 72.8 Å². The Hall–Kier alpha value is -3.60. The monoisotopic (exact) mass is 362 g/mol. The van der Waals surface area contributed by atoms with Gasteiger partial charge in [-0.3, -0.25) is 0 Å². The van der Waals surface area contributed by atoms with Gasteiger partial charge in [-0.05, 0) is 66.6 Å². The van der Waals surface area contributed by atoms with Crippen molar-refractivity contribution in [2.45, 2.75) is 6.92 Å². The van der Waals surface area contributed by atoms with Gasteiger partial charge in [-0.2, -0.15) is 0 Å². The Kier molecular flexibility index (Phi) is 5.52. The summed E-state index contributed by atoms with van der Waals surface area (Å²) in [7, 11) is 0. The van der Waals surface area contributed by atoms with E-state index in [0.717, 1.165) is 11.1 Å². The van der Waals surface area contributed by atoms with Crippen molar-refractivity contribution in [2.24, 2.45) is 0 Å². The maximum Gasteiger partial charge on any atom is 0.343 e. The molecule has 0 aliphatic heterocycles. The molecule has 3 aromatic rings. The predicted octanol–water partition coefficient (Wildman–Crippen LogP) is 4.46. The van der Waals surface area contributed by atoms with E-state index in [4.69, 9.17) is 9.47 Å². The van der Waals surface area contributed by atoms with Crippen LogP contribution in [0.4, 0.5) is 0 Å². The van der Waals surface area contributed by atoms with E-state index in [0.29, 0.717) is 23.5 Å². The fourth-order valence-electron chi connectivity index (χ4n) is 2.49. The molecule has 0 radical (unpaired) electrons. The van der Waals surface area contributed by atoms with E-state index in [2.05, 4.69) is 0 Å². The van der Waals surface area contributed by atoms with Crippen molar-refractivity contribution in [3.8, 4) is 22.6 Å². The molecule has 0 aromatic heterocycles. The topological polar surface area (TPSA) is 72.8 Å². The van der Waals surface area contributed by atoms with Crippen LogP contribution in [0.25, 0.3) is 11.1 Å². The number of hydrogen-bond acceptors (Lipinski definition) is 5. The number of esters is 2. The van der Waals surface area contributed by atoms with Crippen LogP contribution in [0.2, 0.25) is 0 Å². The largest absolute Gasteiger partial charge is 0.508 e. The molecule has 0 saturated carbocycles. The van der Waals surface area contributed by atoms with Gasteiger partial charge in [0.25, 0.3) is 0 Å². The standard InChI is InChI=1S/C22H18O5/c1-2-26-21(24)17-9-13-20(14-10-17)27-22(25)18-5-3-15(4-6-18)16-7-11-19(23)12-8-16/h3-14,23H,2H2,1H3. The zero-order chi connectivity index (χ0) is 19.2. The molecule has 136 valence electrons. The Morgan fingerprint density at radius 1 is 0.741 bits per heavy atom. The summed E-state index contributed by atoms with van der Waals surface area (Å²) in [6.45, 7) is 2.04. The lowest BCUT2D eigenvalue weighted by Gasteiger charge is -2.07. The fourth-order valence-corrected chi connectivity index (χ4v) is 2.49. The van der Waals surface area contributed by atoms with Gasteiger partial charge in [0.1, 0.15) is 11.5 Å². The van der Waals surface area contributed by atoms with Crippen molar-refractivity contribution in [1.29, 1.82) is 0 Å². The molecule has 0 aliphatic carbocycles. The minimum Gasteiger partial charge on any atom is -0.508 e. The number of phenolic OH excluding ortho intramolecular Hbond substituents is 1. The number of rotatable bonds is 5. The maximum atomic E-state index is 12.3. The molecular weight excluding hydrogens is 344 g/mol. The van der Waals surface area contributed by atoms with Gasteiger partial charge < -0.3 is 14.6 Å². The summed E-state index contributed by atoms with van der Waals surface area (Å²) in [5.74, 6) is -0.361. The summed E-state index contributed by atoms with van der Waals surface area (Å²) in [4.78, 5) is 23.9. The molecule has 0 atom stereocenters. The molecule has 3 rings (SSSR count). The summed E-state index contributed by atoms with van der Waals surface area (Å²) >= 11 is 0. The van der Waals surface area contributed by atoms with E-state index in [1.807, 2.05) is 12.1 Å². The summed E-state index contributed by atoms with van der Waals surface area (Å²) in [6.07, 6.45) is 0. The molecule has 0 saturated heterocycles. The molecule has 5 heteroatoms. The zero-order valence-corrected chi connectivity index (χ0v) is 14.7. The highest BCUT2D eigenvalue weighted by molar-refractivity contribution is 5.92. The molecule has 0 fully saturated rings. The van der Waals surface area contributed by atoms with Gasteiger partial charge in [0.05, 0.1) is 17.7 Å². The second kappa shape index (κ2) is 8.19. The van der Waals surface area contributed by atoms with E-state index < -0.39 is 11.9 Å². The molecule has 1 N–H and O–H groups in total. The van der Waals surface area contributed by atoms with E-state index in [1.165, 1.54) is 0 Å². The zero-order valence-electron chi connectivity index (χ0n) is 14.7. The quantitative estimate of drug-likeness (QED) is 0.536. The fraction of sp³-hybridized carbons (Fsp3) is 0.0909. The molecule has 27 heavy (non-hydrogen) atoms. The molecule has 3 aromatic carbocycles. The maximum absolute atomic E-state index is 12.3. The molecule has 5 nitrogen and oxygen atoms in total. The molecule has 0 heterocycles. The Bertz CT molecular complexity index is 926. The van der Waals surface area contributed by atoms with Crippen molar-refractivity contribution in [2.75, 3.05) is 6.61 Å². The van der Waals surface area contributed by atoms with Gasteiger partial charge >= 0.3 is 11.9 Å². The number of aromatic hydroxyl groups is 1. The van der Waals surface area contributed by atoms with Crippen molar-refractivity contribution < 1.29 is 24.2 Å². The van der Waals surface area contributed by atoms with Gasteiger partial charge in [0.15, 0.2) is 0 Å². The summed E-state index contributed by atoms with van der Waals surface area (Å²) in [5, 5.41) is 9.35. The third-order valence-corrected chi connectivity index (χ3v) is 3.90. The number of phenols is 1. The number of carbonyl (C=O) groups excluding carboxylic acids is 2. The van der Waals surface area contributed by atoms with Crippen LogP contribution in [0.1, 0.15) is 27.6 Å². The highest BCUT2D eigenvalue weighted by Gasteiger charge is 2.11. The number of ether oxygens (including phenoxy) is 2. The predicted molar refractivity (Wildman–Crippen MR) is 101 cm³/mol. The normalized spacial score (nSPS) is 10.3. The van der Waals surface area contributed by atoms with Gasteiger partial charge in [-0.25, -0.2) is 9.59 Å². The first-order valence-corrected chi connectivity index (χ1v) is 8.45. The SMILES string of the molecule is CCOC(=O)c1ccc(OC(=O)c2ccc(-c3ccc(O)cc3)cc2)cc1. The third-order valence-electron chi connectivity index (χ3n) is 3.90. The minimum absolute atomic E-state index is 0.202. The third kappa shape index (κ3) is 4.52. The number of benzene rings is 3. The van der Waals surface area contributed by atoms with E-state index in [-0.39, 0.29) is 5.75 Å². The average Bonchev–Trinajstić information content (AvgIpc) is 2.69. The van der Waals surface area contributed by atoms with E-state index in [9.17, 15) is 14.7 Å². The molecule has 0 amide bonds. The van der Waals surface area contributed by atoms with Gasteiger partial charge in [0, 0.05) is 0 Å². The van der Waals surface area contributed by atoms with Crippen LogP contribution in [-0.2, 0) is 4.74 Å². The second-order valence-corrected chi connectivity index (χ2v) is 5.76. The Labute approximate surface area is 156 Å². The van der Waals surface area contributed by atoms with E-state index in [1.54, 1.807) is 67.6 Å². The lowest BCUT2D eigenvalue weighted by Crippen LogP contribution is -2.09. The molecular formula is C22H18O5. The van der Waals surface area contributed by atoms with Crippen molar-refractivity contribution >= 4 is 11.9 Å². The van der Waals surface area contributed by atoms with Crippen molar-refractivity contribution in [3.63, 3.8) is 0 Å². The van der Waals surface area contributed by atoms with Crippen LogP contribution in [-0.4, -0.2) is 23.7 Å². The Balaban J connectivity index is 1.67. The van der Waals surface area contributed by atoms with Gasteiger partial charge in [0.2, 0.25) is 0 Å². The first kappa shape index (κ1) is 18.2. The Morgan fingerprint density at radius 2 is 1.22 bits per heavy atom. The van der Waals surface area contributed by atoms with Gasteiger partial charge in [-0.15, -0.1) is 0 Å². The average molecular weight is 362 g/mol. The highest BCUT2D eigenvalue weighted by Crippen LogP contribution is 2.23. The van der Waals surface area contributed by atoms with Crippen LogP contribution < -0.4 is 4.74 Å². The number of hydrogen-bond donors (Lipinski definition) is 1. The van der Waals surface area contributed by atoms with Crippen LogP contribution >= 0.6 is 0 Å². The molecule has 0 unspecified atom stereocenters.